The Kier molecular flexibility index (Phi) is 5.33. The maximum atomic E-state index is 11.5. The molecule has 0 heterocycles. The smallest absolute Gasteiger partial charge is 0.331 e. The fourth-order valence-electron chi connectivity index (χ4n) is 1.36. The minimum atomic E-state index is -0.898. The Hall–Kier alpha value is -1.06. The topological polar surface area (TPSA) is 55.4 Å². The van der Waals surface area contributed by atoms with Crippen LogP contribution in [-0.4, -0.2) is 24.5 Å². The SMILES string of the molecule is CCCC(C)(NC(=O)C(C)C)C(=O)OC. The van der Waals surface area contributed by atoms with Crippen LogP contribution in [0.3, 0.4) is 0 Å². The van der Waals surface area contributed by atoms with Gasteiger partial charge in [-0.05, 0) is 13.3 Å². The highest BCUT2D eigenvalue weighted by Gasteiger charge is 2.35. The lowest BCUT2D eigenvalue weighted by Gasteiger charge is -2.28. The van der Waals surface area contributed by atoms with Gasteiger partial charge in [0.1, 0.15) is 5.54 Å². The van der Waals surface area contributed by atoms with Crippen LogP contribution in [0, 0.1) is 5.92 Å². The van der Waals surface area contributed by atoms with Gasteiger partial charge in [0.05, 0.1) is 7.11 Å². The largest absolute Gasteiger partial charge is 0.467 e. The normalized spacial score (nSPS) is 14.5. The molecule has 1 N–H and O–H groups in total. The van der Waals surface area contributed by atoms with Crippen LogP contribution in [0.4, 0.5) is 0 Å². The summed E-state index contributed by atoms with van der Waals surface area (Å²) < 4.78 is 4.69. The number of hydrogen-bond donors (Lipinski definition) is 1. The fraction of sp³-hybridized carbons (Fsp3) is 0.818. The predicted molar refractivity (Wildman–Crippen MR) is 58.3 cm³/mol. The van der Waals surface area contributed by atoms with Crippen molar-refractivity contribution in [2.75, 3.05) is 7.11 Å². The van der Waals surface area contributed by atoms with Crippen LogP contribution >= 0.6 is 0 Å². The number of methoxy groups -OCH3 is 1. The van der Waals surface area contributed by atoms with E-state index < -0.39 is 11.5 Å². The van der Waals surface area contributed by atoms with Gasteiger partial charge in [0.2, 0.25) is 5.91 Å². The molecule has 0 saturated heterocycles. The van der Waals surface area contributed by atoms with Crippen LogP contribution in [0.15, 0.2) is 0 Å². The van der Waals surface area contributed by atoms with Crippen molar-refractivity contribution in [3.8, 4) is 0 Å². The number of carbonyl (C=O) groups excluding carboxylic acids is 2. The van der Waals surface area contributed by atoms with Gasteiger partial charge in [-0.25, -0.2) is 4.79 Å². The van der Waals surface area contributed by atoms with Crippen LogP contribution in [0.1, 0.15) is 40.5 Å². The van der Waals surface area contributed by atoms with E-state index in [2.05, 4.69) is 5.32 Å². The van der Waals surface area contributed by atoms with E-state index in [1.807, 2.05) is 6.92 Å². The van der Waals surface area contributed by atoms with Crippen molar-refractivity contribution in [3.05, 3.63) is 0 Å². The first-order valence-electron chi connectivity index (χ1n) is 5.27. The molecule has 4 nitrogen and oxygen atoms in total. The summed E-state index contributed by atoms with van der Waals surface area (Å²) in [6, 6.07) is 0. The number of nitrogens with one attached hydrogen (secondary N) is 1. The molecule has 1 amide bonds. The molecule has 0 aromatic rings. The molecular weight excluding hydrogens is 194 g/mol. The molecule has 0 aromatic heterocycles. The lowest BCUT2D eigenvalue weighted by molar-refractivity contribution is -0.151. The van der Waals surface area contributed by atoms with Crippen LogP contribution < -0.4 is 5.32 Å². The van der Waals surface area contributed by atoms with Gasteiger partial charge in [-0.3, -0.25) is 4.79 Å². The second-order valence-electron chi connectivity index (χ2n) is 4.22. The van der Waals surface area contributed by atoms with E-state index >= 15 is 0 Å². The van der Waals surface area contributed by atoms with Gasteiger partial charge in [-0.1, -0.05) is 27.2 Å². The molecule has 0 fully saturated rings. The highest BCUT2D eigenvalue weighted by molar-refractivity contribution is 5.88. The minimum absolute atomic E-state index is 0.128. The van der Waals surface area contributed by atoms with E-state index in [4.69, 9.17) is 4.74 Å². The number of hydrogen-bond acceptors (Lipinski definition) is 3. The monoisotopic (exact) mass is 215 g/mol. The Balaban J connectivity index is 4.65. The quantitative estimate of drug-likeness (QED) is 0.707. The van der Waals surface area contributed by atoms with E-state index in [9.17, 15) is 9.59 Å². The van der Waals surface area contributed by atoms with Crippen molar-refractivity contribution in [2.24, 2.45) is 5.92 Å². The van der Waals surface area contributed by atoms with Crippen molar-refractivity contribution in [2.45, 2.75) is 46.1 Å². The summed E-state index contributed by atoms with van der Waals surface area (Å²) in [5.74, 6) is -0.652. The van der Waals surface area contributed by atoms with Crippen LogP contribution in [0.25, 0.3) is 0 Å². The lowest BCUT2D eigenvalue weighted by atomic mass is 9.95. The van der Waals surface area contributed by atoms with Crippen molar-refractivity contribution in [1.29, 1.82) is 0 Å². The summed E-state index contributed by atoms with van der Waals surface area (Å²) in [5, 5.41) is 2.73. The van der Waals surface area contributed by atoms with Crippen LogP contribution in [0.5, 0.6) is 0 Å². The van der Waals surface area contributed by atoms with E-state index in [-0.39, 0.29) is 11.8 Å². The molecule has 88 valence electrons. The molecule has 0 saturated carbocycles. The third kappa shape index (κ3) is 3.90. The van der Waals surface area contributed by atoms with E-state index in [0.717, 1.165) is 6.42 Å². The van der Waals surface area contributed by atoms with Gasteiger partial charge in [0, 0.05) is 5.92 Å². The average molecular weight is 215 g/mol. The third-order valence-electron chi connectivity index (χ3n) is 2.31. The maximum absolute atomic E-state index is 11.5. The summed E-state index contributed by atoms with van der Waals surface area (Å²) in [7, 11) is 1.33. The Morgan fingerprint density at radius 3 is 2.27 bits per heavy atom. The molecule has 0 bridgehead atoms. The molecule has 0 rings (SSSR count). The van der Waals surface area contributed by atoms with Gasteiger partial charge in [0.15, 0.2) is 0 Å². The Labute approximate surface area is 91.4 Å². The summed E-state index contributed by atoms with van der Waals surface area (Å²) in [5.41, 5.74) is -0.898. The highest BCUT2D eigenvalue weighted by Crippen LogP contribution is 2.15. The molecule has 0 aromatic carbocycles. The van der Waals surface area contributed by atoms with Gasteiger partial charge in [-0.15, -0.1) is 0 Å². The van der Waals surface area contributed by atoms with E-state index in [1.165, 1.54) is 7.11 Å². The number of esters is 1. The van der Waals surface area contributed by atoms with Crippen LogP contribution in [-0.2, 0) is 14.3 Å². The number of amides is 1. The zero-order valence-corrected chi connectivity index (χ0v) is 10.2. The second kappa shape index (κ2) is 5.73. The number of rotatable bonds is 5. The molecule has 0 aliphatic carbocycles. The van der Waals surface area contributed by atoms with Crippen molar-refractivity contribution in [3.63, 3.8) is 0 Å². The molecule has 4 heteroatoms. The molecule has 0 radical (unpaired) electrons. The average Bonchev–Trinajstić information content (AvgIpc) is 2.16. The molecule has 0 aliphatic heterocycles. The second-order valence-corrected chi connectivity index (χ2v) is 4.22. The summed E-state index contributed by atoms with van der Waals surface area (Å²) in [6.45, 7) is 7.24. The van der Waals surface area contributed by atoms with E-state index in [1.54, 1.807) is 20.8 Å². The van der Waals surface area contributed by atoms with Crippen molar-refractivity contribution >= 4 is 11.9 Å². The summed E-state index contributed by atoms with van der Waals surface area (Å²) in [4.78, 5) is 23.1. The molecular formula is C11H21NO3. The van der Waals surface area contributed by atoms with Gasteiger partial charge >= 0.3 is 5.97 Å². The summed E-state index contributed by atoms with van der Waals surface area (Å²) >= 11 is 0. The van der Waals surface area contributed by atoms with Crippen LogP contribution in [0.2, 0.25) is 0 Å². The Bertz CT molecular complexity index is 238. The third-order valence-corrected chi connectivity index (χ3v) is 2.31. The predicted octanol–water partition coefficient (Wildman–Crippen LogP) is 1.49. The number of carbonyl (C=O) groups is 2. The first-order chi connectivity index (χ1) is 6.87. The van der Waals surface area contributed by atoms with Gasteiger partial charge in [-0.2, -0.15) is 0 Å². The van der Waals surface area contributed by atoms with Crippen molar-refractivity contribution < 1.29 is 14.3 Å². The molecule has 0 spiro atoms. The first kappa shape index (κ1) is 13.9. The zero-order chi connectivity index (χ0) is 12.1. The maximum Gasteiger partial charge on any atom is 0.331 e. The molecule has 1 unspecified atom stereocenters. The summed E-state index contributed by atoms with van der Waals surface area (Å²) in [6.07, 6.45) is 1.39. The Morgan fingerprint density at radius 2 is 1.93 bits per heavy atom. The van der Waals surface area contributed by atoms with Gasteiger partial charge in [0.25, 0.3) is 0 Å². The lowest BCUT2D eigenvalue weighted by Crippen LogP contribution is -2.53. The Morgan fingerprint density at radius 1 is 1.40 bits per heavy atom. The zero-order valence-electron chi connectivity index (χ0n) is 10.2. The van der Waals surface area contributed by atoms with Crippen molar-refractivity contribution in [1.82, 2.24) is 5.32 Å². The number of ether oxygens (including phenoxy) is 1. The highest BCUT2D eigenvalue weighted by atomic mass is 16.5. The first-order valence-corrected chi connectivity index (χ1v) is 5.27. The standard InChI is InChI=1S/C11H21NO3/c1-6-7-11(4,10(14)15-5)12-9(13)8(2)3/h8H,6-7H2,1-5H3,(H,12,13). The van der Waals surface area contributed by atoms with E-state index in [0.29, 0.717) is 6.42 Å². The minimum Gasteiger partial charge on any atom is -0.467 e. The fourth-order valence-corrected chi connectivity index (χ4v) is 1.36. The molecule has 0 aliphatic rings. The molecule has 1 atom stereocenters. The van der Waals surface area contributed by atoms with Gasteiger partial charge < -0.3 is 10.1 Å². The molecule has 15 heavy (non-hydrogen) atoms.